The highest BCUT2D eigenvalue weighted by molar-refractivity contribution is 5.24. The van der Waals surface area contributed by atoms with Gasteiger partial charge in [0, 0.05) is 32.7 Å². The van der Waals surface area contributed by atoms with E-state index in [9.17, 15) is 5.11 Å². The number of hydrogen-bond acceptors (Lipinski definition) is 3. The number of nitrogens with zero attached hydrogens (tertiary/aromatic N) is 1. The Labute approximate surface area is 103 Å². The summed E-state index contributed by atoms with van der Waals surface area (Å²) in [6.07, 6.45) is 0.486. The molecule has 2 rings (SSSR count). The van der Waals surface area contributed by atoms with E-state index in [0.717, 1.165) is 39.1 Å². The highest BCUT2D eigenvalue weighted by Gasteiger charge is 2.10. The summed E-state index contributed by atoms with van der Waals surface area (Å²) in [5.41, 5.74) is 2.58. The molecule has 1 aromatic carbocycles. The number of rotatable bonds is 4. The molecule has 1 aromatic rings. The molecule has 3 heteroatoms. The van der Waals surface area contributed by atoms with Crippen molar-refractivity contribution in [3.63, 3.8) is 0 Å². The summed E-state index contributed by atoms with van der Waals surface area (Å²) < 4.78 is 0. The molecule has 1 heterocycles. The zero-order valence-electron chi connectivity index (χ0n) is 10.5. The fourth-order valence-electron chi connectivity index (χ4n) is 2.32. The normalized spacial score (nSPS) is 19.2. The summed E-state index contributed by atoms with van der Waals surface area (Å²) in [6.45, 7) is 7.29. The van der Waals surface area contributed by atoms with Crippen LogP contribution in [0.5, 0.6) is 0 Å². The van der Waals surface area contributed by atoms with Crippen LogP contribution >= 0.6 is 0 Å². The Morgan fingerprint density at radius 1 is 1.29 bits per heavy atom. The lowest BCUT2D eigenvalue weighted by Gasteiger charge is -2.27. The molecule has 2 N–H and O–H groups in total. The van der Waals surface area contributed by atoms with E-state index in [4.69, 9.17) is 0 Å². The molecule has 0 aromatic heterocycles. The van der Waals surface area contributed by atoms with Crippen molar-refractivity contribution in [2.45, 2.75) is 26.0 Å². The number of piperazine rings is 1. The van der Waals surface area contributed by atoms with E-state index in [1.807, 2.05) is 6.92 Å². The van der Waals surface area contributed by atoms with Gasteiger partial charge in [0.1, 0.15) is 0 Å². The molecular weight excluding hydrogens is 212 g/mol. The second kappa shape index (κ2) is 6.15. The monoisotopic (exact) mass is 234 g/mol. The van der Waals surface area contributed by atoms with Crippen LogP contribution in [0.4, 0.5) is 0 Å². The van der Waals surface area contributed by atoms with Gasteiger partial charge in [-0.05, 0) is 24.5 Å². The van der Waals surface area contributed by atoms with Crippen LogP contribution in [0.3, 0.4) is 0 Å². The molecule has 0 amide bonds. The average molecular weight is 234 g/mol. The first-order valence-corrected chi connectivity index (χ1v) is 6.43. The summed E-state index contributed by atoms with van der Waals surface area (Å²) in [7, 11) is 0. The smallest absolute Gasteiger partial charge is 0.0552 e. The lowest BCUT2D eigenvalue weighted by atomic mass is 10.1. The van der Waals surface area contributed by atoms with Crippen molar-refractivity contribution in [1.29, 1.82) is 0 Å². The molecule has 94 valence electrons. The molecular formula is C14H22N2O. The summed E-state index contributed by atoms with van der Waals surface area (Å²) in [6, 6.07) is 8.57. The molecule has 0 bridgehead atoms. The lowest BCUT2D eigenvalue weighted by Crippen LogP contribution is -2.42. The highest BCUT2D eigenvalue weighted by atomic mass is 16.3. The van der Waals surface area contributed by atoms with Crippen molar-refractivity contribution in [3.05, 3.63) is 35.4 Å². The number of benzene rings is 1. The SMILES string of the molecule is CC(O)Cc1cccc(CN2CCNCC2)c1. The fourth-order valence-corrected chi connectivity index (χ4v) is 2.32. The van der Waals surface area contributed by atoms with Gasteiger partial charge in [0.05, 0.1) is 6.10 Å². The Bertz CT molecular complexity index is 346. The van der Waals surface area contributed by atoms with Gasteiger partial charge in [-0.15, -0.1) is 0 Å². The molecule has 0 spiro atoms. The molecule has 1 aliphatic heterocycles. The van der Waals surface area contributed by atoms with Crippen molar-refractivity contribution in [2.24, 2.45) is 0 Å². The summed E-state index contributed by atoms with van der Waals surface area (Å²) >= 11 is 0. The van der Waals surface area contributed by atoms with E-state index in [-0.39, 0.29) is 6.10 Å². The standard InChI is InChI=1S/C14H22N2O/c1-12(17)9-13-3-2-4-14(10-13)11-16-7-5-15-6-8-16/h2-4,10,12,15,17H,5-9,11H2,1H3. The van der Waals surface area contributed by atoms with Crippen LogP contribution < -0.4 is 5.32 Å². The van der Waals surface area contributed by atoms with E-state index in [0.29, 0.717) is 0 Å². The summed E-state index contributed by atoms with van der Waals surface area (Å²) in [5, 5.41) is 12.8. The van der Waals surface area contributed by atoms with E-state index in [1.54, 1.807) is 0 Å². The maximum absolute atomic E-state index is 9.40. The molecule has 0 radical (unpaired) electrons. The van der Waals surface area contributed by atoms with Gasteiger partial charge in [-0.1, -0.05) is 24.3 Å². The quantitative estimate of drug-likeness (QED) is 0.816. The lowest BCUT2D eigenvalue weighted by molar-refractivity contribution is 0.195. The predicted octanol–water partition coefficient (Wildman–Crippen LogP) is 1.02. The molecule has 17 heavy (non-hydrogen) atoms. The molecule has 1 unspecified atom stereocenters. The molecule has 3 nitrogen and oxygen atoms in total. The molecule has 1 saturated heterocycles. The number of aliphatic hydroxyl groups excluding tert-OH is 1. The van der Waals surface area contributed by atoms with Crippen LogP contribution in [0, 0.1) is 0 Å². The first kappa shape index (κ1) is 12.6. The number of hydrogen-bond donors (Lipinski definition) is 2. The second-order valence-corrected chi connectivity index (χ2v) is 4.90. The Morgan fingerprint density at radius 2 is 2.00 bits per heavy atom. The molecule has 1 atom stereocenters. The Kier molecular flexibility index (Phi) is 4.54. The third-order valence-electron chi connectivity index (χ3n) is 3.14. The van der Waals surface area contributed by atoms with Gasteiger partial charge in [0.15, 0.2) is 0 Å². The van der Waals surface area contributed by atoms with Crippen molar-refractivity contribution in [1.82, 2.24) is 10.2 Å². The van der Waals surface area contributed by atoms with Crippen molar-refractivity contribution >= 4 is 0 Å². The third kappa shape index (κ3) is 4.11. The van der Waals surface area contributed by atoms with Crippen LogP contribution in [0.1, 0.15) is 18.1 Å². The minimum absolute atomic E-state index is 0.260. The van der Waals surface area contributed by atoms with Gasteiger partial charge in [0.25, 0.3) is 0 Å². The van der Waals surface area contributed by atoms with Crippen LogP contribution in [0.2, 0.25) is 0 Å². The zero-order valence-corrected chi connectivity index (χ0v) is 10.5. The molecule has 0 saturated carbocycles. The van der Waals surface area contributed by atoms with Gasteiger partial charge >= 0.3 is 0 Å². The zero-order chi connectivity index (χ0) is 12.1. The van der Waals surface area contributed by atoms with Gasteiger partial charge in [-0.3, -0.25) is 4.90 Å². The Morgan fingerprint density at radius 3 is 2.71 bits per heavy atom. The summed E-state index contributed by atoms with van der Waals surface area (Å²) in [5.74, 6) is 0. The largest absolute Gasteiger partial charge is 0.393 e. The van der Waals surface area contributed by atoms with Crippen LogP contribution in [0.25, 0.3) is 0 Å². The Hall–Kier alpha value is -0.900. The average Bonchev–Trinajstić information content (AvgIpc) is 2.30. The number of nitrogens with one attached hydrogen (secondary N) is 1. The van der Waals surface area contributed by atoms with Gasteiger partial charge in [-0.2, -0.15) is 0 Å². The van der Waals surface area contributed by atoms with E-state index in [1.165, 1.54) is 11.1 Å². The van der Waals surface area contributed by atoms with Crippen LogP contribution in [-0.2, 0) is 13.0 Å². The maximum Gasteiger partial charge on any atom is 0.0552 e. The van der Waals surface area contributed by atoms with Crippen molar-refractivity contribution in [3.8, 4) is 0 Å². The molecule has 1 aliphatic rings. The maximum atomic E-state index is 9.40. The predicted molar refractivity (Wildman–Crippen MR) is 70.0 cm³/mol. The van der Waals surface area contributed by atoms with Gasteiger partial charge in [-0.25, -0.2) is 0 Å². The topological polar surface area (TPSA) is 35.5 Å². The van der Waals surface area contributed by atoms with Crippen molar-refractivity contribution < 1.29 is 5.11 Å². The molecule has 0 aliphatic carbocycles. The van der Waals surface area contributed by atoms with E-state index >= 15 is 0 Å². The van der Waals surface area contributed by atoms with Gasteiger partial charge in [0.2, 0.25) is 0 Å². The van der Waals surface area contributed by atoms with Gasteiger partial charge < -0.3 is 10.4 Å². The first-order chi connectivity index (χ1) is 8.24. The third-order valence-corrected chi connectivity index (χ3v) is 3.14. The molecule has 1 fully saturated rings. The highest BCUT2D eigenvalue weighted by Crippen LogP contribution is 2.10. The fraction of sp³-hybridized carbons (Fsp3) is 0.571. The van der Waals surface area contributed by atoms with E-state index in [2.05, 4.69) is 34.5 Å². The van der Waals surface area contributed by atoms with Crippen LogP contribution in [-0.4, -0.2) is 42.3 Å². The minimum Gasteiger partial charge on any atom is -0.393 e. The minimum atomic E-state index is -0.260. The number of aliphatic hydroxyl groups is 1. The van der Waals surface area contributed by atoms with E-state index < -0.39 is 0 Å². The summed E-state index contributed by atoms with van der Waals surface area (Å²) in [4.78, 5) is 2.47. The second-order valence-electron chi connectivity index (χ2n) is 4.90. The first-order valence-electron chi connectivity index (χ1n) is 6.43. The van der Waals surface area contributed by atoms with Crippen molar-refractivity contribution in [2.75, 3.05) is 26.2 Å². The Balaban J connectivity index is 1.95. The van der Waals surface area contributed by atoms with Crippen LogP contribution in [0.15, 0.2) is 24.3 Å².